The van der Waals surface area contributed by atoms with Crippen LogP contribution < -0.4 is 4.90 Å². The van der Waals surface area contributed by atoms with Crippen molar-refractivity contribution in [2.24, 2.45) is 0 Å². The molecule has 1 aliphatic heterocycles. The van der Waals surface area contributed by atoms with Gasteiger partial charge >= 0.3 is 5.69 Å². The maximum Gasteiger partial charge on any atom is 0.310 e. The number of hydrogen-bond donors (Lipinski definition) is 0. The van der Waals surface area contributed by atoms with Crippen LogP contribution in [0.15, 0.2) is 18.5 Å². The van der Waals surface area contributed by atoms with Crippen molar-refractivity contribution in [2.75, 3.05) is 37.0 Å². The minimum Gasteiger partial charge on any atom is -0.362 e. The largest absolute Gasteiger partial charge is 0.362 e. The summed E-state index contributed by atoms with van der Waals surface area (Å²) in [5, 5.41) is 11.0. The van der Waals surface area contributed by atoms with Crippen molar-refractivity contribution in [1.82, 2.24) is 9.88 Å². The molecule has 1 aromatic rings. The van der Waals surface area contributed by atoms with Gasteiger partial charge in [0, 0.05) is 44.7 Å². The Bertz CT molecular complexity index is 518. The molecule has 1 saturated heterocycles. The summed E-state index contributed by atoms with van der Waals surface area (Å²) in [5.41, 5.74) is 0.558. The standard InChI is InChI=1S/C13H17ClN4O3/c14-4-1-2-13(19)17-8-6-16(7-9-17)11-3-5-15-10-12(11)18(20)21/h3,5,10H,1-2,4,6-9H2. The average molecular weight is 313 g/mol. The van der Waals surface area contributed by atoms with Crippen LogP contribution in [0.3, 0.4) is 0 Å². The predicted octanol–water partition coefficient (Wildman–Crippen LogP) is 1.66. The van der Waals surface area contributed by atoms with E-state index < -0.39 is 4.92 Å². The SMILES string of the molecule is O=C(CCCCl)N1CCN(c2ccncc2[N+](=O)[O-])CC1. The van der Waals surface area contributed by atoms with Gasteiger partial charge in [0.05, 0.1) is 4.92 Å². The zero-order chi connectivity index (χ0) is 15.2. The van der Waals surface area contributed by atoms with E-state index in [2.05, 4.69) is 4.98 Å². The molecule has 114 valence electrons. The molecule has 0 saturated carbocycles. The number of rotatable bonds is 5. The molecular weight excluding hydrogens is 296 g/mol. The highest BCUT2D eigenvalue weighted by Gasteiger charge is 2.25. The van der Waals surface area contributed by atoms with E-state index in [1.165, 1.54) is 6.20 Å². The Morgan fingerprint density at radius 3 is 2.71 bits per heavy atom. The lowest BCUT2D eigenvalue weighted by molar-refractivity contribution is -0.384. The van der Waals surface area contributed by atoms with Gasteiger partial charge in [-0.2, -0.15) is 0 Å². The van der Waals surface area contributed by atoms with Crippen molar-refractivity contribution >= 4 is 28.9 Å². The van der Waals surface area contributed by atoms with E-state index in [1.54, 1.807) is 17.2 Å². The van der Waals surface area contributed by atoms with Crippen LogP contribution in [0.25, 0.3) is 0 Å². The molecular formula is C13H17ClN4O3. The minimum atomic E-state index is -0.430. The second-order valence-corrected chi connectivity index (χ2v) is 5.16. The minimum absolute atomic E-state index is 0.000540. The number of piperazine rings is 1. The van der Waals surface area contributed by atoms with Crippen LogP contribution in [0.1, 0.15) is 12.8 Å². The highest BCUT2D eigenvalue weighted by molar-refractivity contribution is 6.17. The molecule has 2 rings (SSSR count). The lowest BCUT2D eigenvalue weighted by atomic mass is 10.2. The molecule has 0 aromatic carbocycles. The highest BCUT2D eigenvalue weighted by atomic mass is 35.5. The molecule has 1 aliphatic rings. The molecule has 0 unspecified atom stereocenters. The van der Waals surface area contributed by atoms with Crippen molar-refractivity contribution in [3.05, 3.63) is 28.6 Å². The van der Waals surface area contributed by atoms with E-state index in [9.17, 15) is 14.9 Å². The molecule has 8 heteroatoms. The van der Waals surface area contributed by atoms with E-state index in [-0.39, 0.29) is 11.6 Å². The highest BCUT2D eigenvalue weighted by Crippen LogP contribution is 2.27. The third-order valence-electron chi connectivity index (χ3n) is 3.47. The van der Waals surface area contributed by atoms with Gasteiger partial charge in [-0.15, -0.1) is 11.6 Å². The smallest absolute Gasteiger partial charge is 0.310 e. The summed E-state index contributed by atoms with van der Waals surface area (Å²) >= 11 is 5.59. The van der Waals surface area contributed by atoms with Gasteiger partial charge in [-0.1, -0.05) is 0 Å². The lowest BCUT2D eigenvalue weighted by Crippen LogP contribution is -2.48. The number of alkyl halides is 1. The van der Waals surface area contributed by atoms with Crippen molar-refractivity contribution in [2.45, 2.75) is 12.8 Å². The Labute approximate surface area is 127 Å². The van der Waals surface area contributed by atoms with Crippen molar-refractivity contribution in [1.29, 1.82) is 0 Å². The number of amides is 1. The maximum atomic E-state index is 11.9. The van der Waals surface area contributed by atoms with E-state index >= 15 is 0 Å². The monoisotopic (exact) mass is 312 g/mol. The fourth-order valence-electron chi connectivity index (χ4n) is 2.36. The molecule has 0 radical (unpaired) electrons. The average Bonchev–Trinajstić information content (AvgIpc) is 2.52. The first-order valence-electron chi connectivity index (χ1n) is 6.80. The normalized spacial score (nSPS) is 15.1. The number of nitrogens with zero attached hydrogens (tertiary/aromatic N) is 4. The molecule has 1 aromatic heterocycles. The number of pyridine rings is 1. The molecule has 2 heterocycles. The quantitative estimate of drug-likeness (QED) is 0.469. The summed E-state index contributed by atoms with van der Waals surface area (Å²) < 4.78 is 0. The van der Waals surface area contributed by atoms with Crippen LogP contribution in [-0.2, 0) is 4.79 Å². The van der Waals surface area contributed by atoms with Crippen LogP contribution in [0.4, 0.5) is 11.4 Å². The Morgan fingerprint density at radius 1 is 1.38 bits per heavy atom. The van der Waals surface area contributed by atoms with Gasteiger partial charge in [-0.25, -0.2) is 0 Å². The Morgan fingerprint density at radius 2 is 2.10 bits per heavy atom. The summed E-state index contributed by atoms with van der Waals surface area (Å²) in [6.07, 6.45) is 3.93. The van der Waals surface area contributed by atoms with Gasteiger partial charge < -0.3 is 9.80 Å². The molecule has 1 amide bonds. The van der Waals surface area contributed by atoms with E-state index in [0.717, 1.165) is 0 Å². The molecule has 0 bridgehead atoms. The summed E-state index contributed by atoms with van der Waals surface area (Å²) in [7, 11) is 0. The Kier molecular flexibility index (Phi) is 5.32. The molecule has 7 nitrogen and oxygen atoms in total. The van der Waals surface area contributed by atoms with Gasteiger partial charge in [0.1, 0.15) is 11.9 Å². The first-order valence-corrected chi connectivity index (χ1v) is 7.34. The van der Waals surface area contributed by atoms with Crippen LogP contribution in [0.2, 0.25) is 0 Å². The predicted molar refractivity (Wildman–Crippen MR) is 79.6 cm³/mol. The maximum absolute atomic E-state index is 11.9. The molecule has 0 aliphatic carbocycles. The van der Waals surface area contributed by atoms with Crippen molar-refractivity contribution < 1.29 is 9.72 Å². The topological polar surface area (TPSA) is 79.6 Å². The third-order valence-corrected chi connectivity index (χ3v) is 3.74. The summed E-state index contributed by atoms with van der Waals surface area (Å²) in [6, 6.07) is 1.64. The molecule has 21 heavy (non-hydrogen) atoms. The van der Waals surface area contributed by atoms with Gasteiger partial charge in [-0.3, -0.25) is 19.9 Å². The number of hydrogen-bond acceptors (Lipinski definition) is 5. The number of carbonyl (C=O) groups excluding carboxylic acids is 1. The Hall–Kier alpha value is -1.89. The second kappa shape index (κ2) is 7.21. The van der Waals surface area contributed by atoms with Gasteiger partial charge in [0.15, 0.2) is 0 Å². The van der Waals surface area contributed by atoms with Crippen molar-refractivity contribution in [3.63, 3.8) is 0 Å². The van der Waals surface area contributed by atoms with E-state index in [0.29, 0.717) is 50.6 Å². The third kappa shape index (κ3) is 3.81. The van der Waals surface area contributed by atoms with Crippen LogP contribution in [0, 0.1) is 10.1 Å². The van der Waals surface area contributed by atoms with Crippen LogP contribution in [-0.4, -0.2) is 52.8 Å². The first-order chi connectivity index (χ1) is 10.1. The number of carbonyl (C=O) groups is 1. The molecule has 0 atom stereocenters. The zero-order valence-corrected chi connectivity index (χ0v) is 12.3. The van der Waals surface area contributed by atoms with E-state index in [1.807, 2.05) is 4.90 Å². The van der Waals surface area contributed by atoms with Crippen LogP contribution in [0.5, 0.6) is 0 Å². The van der Waals surface area contributed by atoms with Gasteiger partial charge in [0.25, 0.3) is 0 Å². The molecule has 0 N–H and O–H groups in total. The second-order valence-electron chi connectivity index (χ2n) is 4.78. The first kappa shape index (κ1) is 15.5. The summed E-state index contributed by atoms with van der Waals surface area (Å²) in [6.45, 7) is 2.30. The summed E-state index contributed by atoms with van der Waals surface area (Å²) in [4.78, 5) is 30.0. The van der Waals surface area contributed by atoms with Gasteiger partial charge in [0.2, 0.25) is 5.91 Å². The fourth-order valence-corrected chi connectivity index (χ4v) is 2.49. The number of nitro groups is 1. The van der Waals surface area contributed by atoms with Crippen LogP contribution >= 0.6 is 11.6 Å². The Balaban J connectivity index is 1.98. The number of aromatic nitrogens is 1. The fraction of sp³-hybridized carbons (Fsp3) is 0.538. The molecule has 0 spiro atoms. The zero-order valence-electron chi connectivity index (χ0n) is 11.6. The number of halogens is 1. The lowest BCUT2D eigenvalue weighted by Gasteiger charge is -2.35. The summed E-state index contributed by atoms with van der Waals surface area (Å²) in [5.74, 6) is 0.578. The molecule has 1 fully saturated rings. The number of anilines is 1. The van der Waals surface area contributed by atoms with Crippen molar-refractivity contribution in [3.8, 4) is 0 Å². The van der Waals surface area contributed by atoms with Gasteiger partial charge in [-0.05, 0) is 12.5 Å². The van der Waals surface area contributed by atoms with E-state index in [4.69, 9.17) is 11.6 Å².